The lowest BCUT2D eigenvalue weighted by Gasteiger charge is -2.08. The maximum atomic E-state index is 5.24. The van der Waals surface area contributed by atoms with Crippen molar-refractivity contribution in [2.75, 3.05) is 12.4 Å². The molecule has 0 unspecified atom stereocenters. The van der Waals surface area contributed by atoms with Crippen LogP contribution in [-0.4, -0.2) is 17.1 Å². The third kappa shape index (κ3) is 2.44. The van der Waals surface area contributed by atoms with E-state index >= 15 is 0 Å². The second-order valence-electron chi connectivity index (χ2n) is 4.55. The first-order valence-corrected chi connectivity index (χ1v) is 7.13. The zero-order valence-electron chi connectivity index (χ0n) is 11.6. The van der Waals surface area contributed by atoms with E-state index in [1.807, 2.05) is 31.2 Å². The summed E-state index contributed by atoms with van der Waals surface area (Å²) in [5, 5.41) is 4.41. The maximum Gasteiger partial charge on any atom is 0.142 e. The second-order valence-corrected chi connectivity index (χ2v) is 5.79. The normalized spacial score (nSPS) is 10.8. The van der Waals surface area contributed by atoms with Gasteiger partial charge in [-0.25, -0.2) is 9.97 Å². The van der Waals surface area contributed by atoms with E-state index in [1.54, 1.807) is 18.4 Å². The first-order valence-electron chi connectivity index (χ1n) is 6.31. The molecule has 0 saturated carbocycles. The third-order valence-corrected chi connectivity index (χ3v) is 3.90. The molecular formula is C15H15N3OS. The number of thiophene rings is 1. The quantitative estimate of drug-likeness (QED) is 0.788. The first kappa shape index (κ1) is 12.9. The van der Waals surface area contributed by atoms with Crippen molar-refractivity contribution in [2.45, 2.75) is 13.8 Å². The van der Waals surface area contributed by atoms with Crippen LogP contribution < -0.4 is 10.1 Å². The van der Waals surface area contributed by atoms with Crippen molar-refractivity contribution < 1.29 is 4.74 Å². The Kier molecular flexibility index (Phi) is 3.28. The third-order valence-electron chi connectivity index (χ3n) is 2.96. The van der Waals surface area contributed by atoms with Crippen LogP contribution in [0.1, 0.15) is 10.7 Å². The van der Waals surface area contributed by atoms with Crippen molar-refractivity contribution in [1.29, 1.82) is 0 Å². The molecular weight excluding hydrogens is 270 g/mol. The molecule has 102 valence electrons. The Labute approximate surface area is 121 Å². The van der Waals surface area contributed by atoms with Gasteiger partial charge in [0.05, 0.1) is 12.5 Å². The number of methoxy groups -OCH3 is 1. The van der Waals surface area contributed by atoms with Crippen LogP contribution in [-0.2, 0) is 0 Å². The Balaban J connectivity index is 2.05. The summed E-state index contributed by atoms with van der Waals surface area (Å²) in [7, 11) is 1.66. The minimum atomic E-state index is 0.768. The zero-order valence-corrected chi connectivity index (χ0v) is 12.4. The first-order chi connectivity index (χ1) is 9.65. The van der Waals surface area contributed by atoms with Gasteiger partial charge in [-0.2, -0.15) is 0 Å². The molecule has 2 heterocycles. The molecule has 20 heavy (non-hydrogen) atoms. The Bertz CT molecular complexity index is 767. The Morgan fingerprint density at radius 2 is 2.00 bits per heavy atom. The van der Waals surface area contributed by atoms with Crippen molar-refractivity contribution in [3.63, 3.8) is 0 Å². The van der Waals surface area contributed by atoms with Gasteiger partial charge in [0.1, 0.15) is 22.2 Å². The van der Waals surface area contributed by atoms with E-state index < -0.39 is 0 Å². The number of fused-ring (bicyclic) bond motifs is 1. The fraction of sp³-hybridized carbons (Fsp3) is 0.200. The SMILES string of the molecule is COc1cccc(Nc2nc(C)nc3sc(C)cc23)c1. The van der Waals surface area contributed by atoms with Crippen molar-refractivity contribution in [2.24, 2.45) is 0 Å². The average molecular weight is 285 g/mol. The molecule has 0 aliphatic carbocycles. The van der Waals surface area contributed by atoms with E-state index in [-0.39, 0.29) is 0 Å². The summed E-state index contributed by atoms with van der Waals surface area (Å²) in [6, 6.07) is 9.92. The van der Waals surface area contributed by atoms with Gasteiger partial charge in [0, 0.05) is 16.6 Å². The highest BCUT2D eigenvalue weighted by Crippen LogP contribution is 2.30. The summed E-state index contributed by atoms with van der Waals surface area (Å²) in [5.41, 5.74) is 0.951. The van der Waals surface area contributed by atoms with E-state index in [0.29, 0.717) is 0 Å². The van der Waals surface area contributed by atoms with Crippen LogP contribution in [0.15, 0.2) is 30.3 Å². The molecule has 0 bridgehead atoms. The van der Waals surface area contributed by atoms with E-state index in [4.69, 9.17) is 4.74 Å². The molecule has 3 rings (SSSR count). The molecule has 1 aromatic carbocycles. The number of anilines is 2. The molecule has 1 N–H and O–H groups in total. The van der Waals surface area contributed by atoms with Crippen LogP contribution in [0.2, 0.25) is 0 Å². The molecule has 0 saturated heterocycles. The maximum absolute atomic E-state index is 5.24. The standard InChI is InChI=1S/C15H15N3OS/c1-9-7-13-14(16-10(2)17-15(13)20-9)18-11-5-4-6-12(8-11)19-3/h4-8H,1-3H3,(H,16,17,18). The van der Waals surface area contributed by atoms with Gasteiger partial charge in [-0.3, -0.25) is 0 Å². The lowest BCUT2D eigenvalue weighted by atomic mass is 10.3. The van der Waals surface area contributed by atoms with Crippen molar-refractivity contribution in [3.05, 3.63) is 41.0 Å². The van der Waals surface area contributed by atoms with Crippen molar-refractivity contribution in [1.82, 2.24) is 9.97 Å². The van der Waals surface area contributed by atoms with Crippen LogP contribution in [0.5, 0.6) is 5.75 Å². The van der Waals surface area contributed by atoms with E-state index in [1.165, 1.54) is 4.88 Å². The van der Waals surface area contributed by atoms with Gasteiger partial charge in [-0.05, 0) is 32.0 Å². The highest BCUT2D eigenvalue weighted by Gasteiger charge is 2.09. The predicted molar refractivity (Wildman–Crippen MR) is 83.2 cm³/mol. The summed E-state index contributed by atoms with van der Waals surface area (Å²) in [4.78, 5) is 11.2. The van der Waals surface area contributed by atoms with E-state index in [9.17, 15) is 0 Å². The van der Waals surface area contributed by atoms with Gasteiger partial charge in [-0.1, -0.05) is 6.07 Å². The molecule has 3 aromatic rings. The zero-order chi connectivity index (χ0) is 14.1. The molecule has 0 spiro atoms. The van der Waals surface area contributed by atoms with Gasteiger partial charge in [-0.15, -0.1) is 11.3 Å². The molecule has 0 atom stereocenters. The number of nitrogens with zero attached hydrogens (tertiary/aromatic N) is 2. The molecule has 0 fully saturated rings. The number of aromatic nitrogens is 2. The monoisotopic (exact) mass is 285 g/mol. The number of hydrogen-bond donors (Lipinski definition) is 1. The fourth-order valence-corrected chi connectivity index (χ4v) is 3.01. The molecule has 4 nitrogen and oxygen atoms in total. The lowest BCUT2D eigenvalue weighted by molar-refractivity contribution is 0.415. The highest BCUT2D eigenvalue weighted by atomic mass is 32.1. The summed E-state index contributed by atoms with van der Waals surface area (Å²) in [6.07, 6.45) is 0. The highest BCUT2D eigenvalue weighted by molar-refractivity contribution is 7.18. The van der Waals surface area contributed by atoms with Gasteiger partial charge in [0.25, 0.3) is 0 Å². The van der Waals surface area contributed by atoms with Crippen molar-refractivity contribution >= 4 is 33.1 Å². The average Bonchev–Trinajstić information content (AvgIpc) is 2.79. The Hall–Kier alpha value is -2.14. The largest absolute Gasteiger partial charge is 0.497 e. The number of aryl methyl sites for hydroxylation is 2. The van der Waals surface area contributed by atoms with Gasteiger partial charge in [0.15, 0.2) is 0 Å². The second kappa shape index (κ2) is 5.09. The molecule has 0 radical (unpaired) electrons. The van der Waals surface area contributed by atoms with Crippen LogP contribution in [0.3, 0.4) is 0 Å². The lowest BCUT2D eigenvalue weighted by Crippen LogP contribution is -1.97. The number of ether oxygens (including phenoxy) is 1. The van der Waals surface area contributed by atoms with Crippen LogP contribution in [0.25, 0.3) is 10.2 Å². The van der Waals surface area contributed by atoms with E-state index in [0.717, 1.165) is 33.3 Å². The minimum absolute atomic E-state index is 0.768. The molecule has 0 amide bonds. The fourth-order valence-electron chi connectivity index (χ4n) is 2.08. The predicted octanol–water partition coefficient (Wildman–Crippen LogP) is 4.06. The number of benzene rings is 1. The number of nitrogens with one attached hydrogen (secondary N) is 1. The van der Waals surface area contributed by atoms with Crippen molar-refractivity contribution in [3.8, 4) is 5.75 Å². The van der Waals surface area contributed by atoms with Gasteiger partial charge < -0.3 is 10.1 Å². The van der Waals surface area contributed by atoms with Crippen LogP contribution in [0, 0.1) is 13.8 Å². The summed E-state index contributed by atoms with van der Waals surface area (Å²) in [6.45, 7) is 3.99. The van der Waals surface area contributed by atoms with Crippen LogP contribution in [0.4, 0.5) is 11.5 Å². The van der Waals surface area contributed by atoms with E-state index in [2.05, 4.69) is 28.3 Å². The molecule has 0 aliphatic heterocycles. The van der Waals surface area contributed by atoms with Gasteiger partial charge >= 0.3 is 0 Å². The van der Waals surface area contributed by atoms with Gasteiger partial charge in [0.2, 0.25) is 0 Å². The van der Waals surface area contributed by atoms with Crippen LogP contribution >= 0.6 is 11.3 Å². The number of hydrogen-bond acceptors (Lipinski definition) is 5. The topological polar surface area (TPSA) is 47.0 Å². The smallest absolute Gasteiger partial charge is 0.142 e. The number of rotatable bonds is 3. The summed E-state index contributed by atoms with van der Waals surface area (Å²) in [5.74, 6) is 2.42. The Morgan fingerprint density at radius 3 is 2.80 bits per heavy atom. The summed E-state index contributed by atoms with van der Waals surface area (Å²) >= 11 is 1.68. The Morgan fingerprint density at radius 1 is 1.15 bits per heavy atom. The summed E-state index contributed by atoms with van der Waals surface area (Å²) < 4.78 is 5.24. The molecule has 0 aliphatic rings. The molecule has 5 heteroatoms. The molecule has 2 aromatic heterocycles. The minimum Gasteiger partial charge on any atom is -0.497 e.